The quantitative estimate of drug-likeness (QED) is 0.649. The summed E-state index contributed by atoms with van der Waals surface area (Å²) in [6, 6.07) is 5.74. The molecule has 0 aliphatic carbocycles. The molecular weight excluding hydrogens is 434 g/mol. The van der Waals surface area contributed by atoms with Crippen molar-refractivity contribution in [2.75, 3.05) is 32.8 Å². The second kappa shape index (κ2) is 9.11. The lowest BCUT2D eigenvalue weighted by Gasteiger charge is -2.33. The number of carbonyl (C=O) groups is 1. The van der Waals surface area contributed by atoms with E-state index in [0.29, 0.717) is 63.7 Å². The van der Waals surface area contributed by atoms with E-state index in [1.807, 2.05) is 30.0 Å². The van der Waals surface area contributed by atoms with E-state index in [0.717, 1.165) is 11.3 Å². The van der Waals surface area contributed by atoms with Crippen LogP contribution in [0.5, 0.6) is 11.5 Å². The molecule has 1 saturated heterocycles. The van der Waals surface area contributed by atoms with E-state index in [9.17, 15) is 13.2 Å². The number of piperidine rings is 1. The Morgan fingerprint density at radius 2 is 1.84 bits per heavy atom. The number of aromatic nitrogens is 1. The Hall–Kier alpha value is -2.59. The molecule has 1 aromatic heterocycles. The van der Waals surface area contributed by atoms with Gasteiger partial charge in [-0.15, -0.1) is 0 Å². The van der Waals surface area contributed by atoms with Gasteiger partial charge in [0.2, 0.25) is 15.9 Å². The van der Waals surface area contributed by atoms with Gasteiger partial charge in [-0.1, -0.05) is 11.2 Å². The standard InChI is InChI=1S/C22H29N3O6S/c1-4-24(14-17-5-6-19-20(13-17)30-12-11-29-19)22(26)18-7-9-25(10-8-18)32(27,28)21-15(2)23-31-16(21)3/h5-6,13,18H,4,7-12,14H2,1-3H3. The van der Waals surface area contributed by atoms with Crippen molar-refractivity contribution in [3.8, 4) is 11.5 Å². The molecule has 0 N–H and O–H groups in total. The molecule has 32 heavy (non-hydrogen) atoms. The van der Waals surface area contributed by atoms with Gasteiger partial charge in [-0.2, -0.15) is 4.31 Å². The second-order valence-corrected chi connectivity index (χ2v) is 10.0. The molecule has 1 fully saturated rings. The Bertz CT molecular complexity index is 1070. The maximum absolute atomic E-state index is 13.2. The first-order valence-corrected chi connectivity index (χ1v) is 12.4. The van der Waals surface area contributed by atoms with E-state index in [-0.39, 0.29) is 22.5 Å². The molecule has 10 heteroatoms. The van der Waals surface area contributed by atoms with Crippen LogP contribution in [-0.4, -0.2) is 61.5 Å². The summed E-state index contributed by atoms with van der Waals surface area (Å²) in [6.45, 7) is 7.87. The molecule has 0 radical (unpaired) electrons. The summed E-state index contributed by atoms with van der Waals surface area (Å²) in [6.07, 6.45) is 0.970. The average molecular weight is 464 g/mol. The smallest absolute Gasteiger partial charge is 0.248 e. The number of benzene rings is 1. The van der Waals surface area contributed by atoms with Crippen molar-refractivity contribution >= 4 is 15.9 Å². The monoisotopic (exact) mass is 463 g/mol. The largest absolute Gasteiger partial charge is 0.486 e. The van der Waals surface area contributed by atoms with Crippen molar-refractivity contribution < 1.29 is 27.2 Å². The first kappa shape index (κ1) is 22.6. The van der Waals surface area contributed by atoms with Crippen LogP contribution in [0.15, 0.2) is 27.6 Å². The molecular formula is C22H29N3O6S. The van der Waals surface area contributed by atoms with Crippen LogP contribution in [0, 0.1) is 19.8 Å². The number of fused-ring (bicyclic) bond motifs is 1. The number of sulfonamides is 1. The van der Waals surface area contributed by atoms with E-state index in [1.165, 1.54) is 4.31 Å². The minimum absolute atomic E-state index is 0.0526. The zero-order valence-corrected chi connectivity index (χ0v) is 19.5. The van der Waals surface area contributed by atoms with Gasteiger partial charge in [0, 0.05) is 32.1 Å². The summed E-state index contributed by atoms with van der Waals surface area (Å²) in [5, 5.41) is 3.76. The minimum Gasteiger partial charge on any atom is -0.486 e. The van der Waals surface area contributed by atoms with E-state index < -0.39 is 10.0 Å². The van der Waals surface area contributed by atoms with Gasteiger partial charge in [-0.05, 0) is 51.3 Å². The Morgan fingerprint density at radius 3 is 2.47 bits per heavy atom. The lowest BCUT2D eigenvalue weighted by atomic mass is 9.96. The third-order valence-electron chi connectivity index (χ3n) is 6.04. The molecule has 2 aliphatic rings. The molecule has 9 nitrogen and oxygen atoms in total. The molecule has 0 atom stereocenters. The summed E-state index contributed by atoms with van der Waals surface area (Å²) in [7, 11) is -3.69. The maximum atomic E-state index is 13.2. The van der Waals surface area contributed by atoms with E-state index in [4.69, 9.17) is 14.0 Å². The lowest BCUT2D eigenvalue weighted by Crippen LogP contribution is -2.44. The summed E-state index contributed by atoms with van der Waals surface area (Å²) in [5.74, 6) is 1.56. The average Bonchev–Trinajstić information content (AvgIpc) is 3.15. The van der Waals surface area contributed by atoms with E-state index >= 15 is 0 Å². The van der Waals surface area contributed by atoms with Gasteiger partial charge in [-0.25, -0.2) is 8.42 Å². The van der Waals surface area contributed by atoms with Crippen molar-refractivity contribution in [1.82, 2.24) is 14.4 Å². The van der Waals surface area contributed by atoms with Crippen molar-refractivity contribution in [2.24, 2.45) is 5.92 Å². The van der Waals surface area contributed by atoms with E-state index in [2.05, 4.69) is 5.16 Å². The molecule has 0 saturated carbocycles. The van der Waals surface area contributed by atoms with Crippen LogP contribution < -0.4 is 9.47 Å². The Labute approximate surface area is 188 Å². The van der Waals surface area contributed by atoms with Crippen molar-refractivity contribution in [2.45, 2.75) is 45.1 Å². The highest BCUT2D eigenvalue weighted by atomic mass is 32.2. The normalized spacial score (nSPS) is 17.3. The van der Waals surface area contributed by atoms with Crippen LogP contribution in [0.2, 0.25) is 0 Å². The summed E-state index contributed by atoms with van der Waals surface area (Å²) < 4.78 is 43.7. The van der Waals surface area contributed by atoms with Gasteiger partial charge in [-0.3, -0.25) is 4.79 Å². The van der Waals surface area contributed by atoms with E-state index in [1.54, 1.807) is 13.8 Å². The first-order chi connectivity index (χ1) is 15.3. The summed E-state index contributed by atoms with van der Waals surface area (Å²) in [4.78, 5) is 15.1. The van der Waals surface area contributed by atoms with Crippen LogP contribution in [0.25, 0.3) is 0 Å². The molecule has 0 unspecified atom stereocenters. The number of hydrogen-bond donors (Lipinski definition) is 0. The van der Waals surface area contributed by atoms with Crippen LogP contribution >= 0.6 is 0 Å². The molecule has 174 valence electrons. The molecule has 0 bridgehead atoms. The van der Waals surface area contributed by atoms with Crippen LogP contribution in [0.1, 0.15) is 36.8 Å². The third kappa shape index (κ3) is 4.33. The Morgan fingerprint density at radius 1 is 1.16 bits per heavy atom. The first-order valence-electron chi connectivity index (χ1n) is 10.9. The van der Waals surface area contributed by atoms with Crippen LogP contribution in [0.3, 0.4) is 0 Å². The zero-order chi connectivity index (χ0) is 22.9. The number of carbonyl (C=O) groups excluding carboxylic acids is 1. The number of nitrogens with zero attached hydrogens (tertiary/aromatic N) is 3. The second-order valence-electron chi connectivity index (χ2n) is 8.16. The van der Waals surface area contributed by atoms with Gasteiger partial charge >= 0.3 is 0 Å². The summed E-state index contributed by atoms with van der Waals surface area (Å²) >= 11 is 0. The molecule has 2 aromatic rings. The summed E-state index contributed by atoms with van der Waals surface area (Å²) in [5.41, 5.74) is 1.33. The third-order valence-corrected chi connectivity index (χ3v) is 8.19. The minimum atomic E-state index is -3.69. The van der Waals surface area contributed by atoms with Crippen LogP contribution in [-0.2, 0) is 21.4 Å². The number of rotatable bonds is 6. The predicted molar refractivity (Wildman–Crippen MR) is 116 cm³/mol. The highest BCUT2D eigenvalue weighted by Gasteiger charge is 2.36. The highest BCUT2D eigenvalue weighted by Crippen LogP contribution is 2.32. The SMILES string of the molecule is CCN(Cc1ccc2c(c1)OCCO2)C(=O)C1CCN(S(=O)(=O)c2c(C)noc2C)CC1. The molecule has 4 rings (SSSR count). The van der Waals surface area contributed by atoms with Gasteiger partial charge < -0.3 is 18.9 Å². The number of hydrogen-bond acceptors (Lipinski definition) is 7. The molecule has 0 spiro atoms. The number of amides is 1. The Balaban J connectivity index is 1.40. The molecule has 1 aromatic carbocycles. The zero-order valence-electron chi connectivity index (χ0n) is 18.7. The van der Waals surface area contributed by atoms with Crippen molar-refractivity contribution in [3.63, 3.8) is 0 Å². The maximum Gasteiger partial charge on any atom is 0.248 e. The molecule has 1 amide bonds. The highest BCUT2D eigenvalue weighted by molar-refractivity contribution is 7.89. The predicted octanol–water partition coefficient (Wildman–Crippen LogP) is 2.51. The molecule has 2 aliphatic heterocycles. The van der Waals surface area contributed by atoms with Gasteiger partial charge in [0.1, 0.15) is 23.8 Å². The topological polar surface area (TPSA) is 102 Å². The fourth-order valence-corrected chi connectivity index (χ4v) is 6.09. The van der Waals surface area contributed by atoms with Gasteiger partial charge in [0.25, 0.3) is 0 Å². The van der Waals surface area contributed by atoms with Gasteiger partial charge in [0.05, 0.1) is 0 Å². The number of aryl methyl sites for hydroxylation is 2. The Kier molecular flexibility index (Phi) is 6.43. The number of ether oxygens (including phenoxy) is 2. The van der Waals surface area contributed by atoms with Crippen molar-refractivity contribution in [3.05, 3.63) is 35.2 Å². The fourth-order valence-electron chi connectivity index (χ4n) is 4.33. The van der Waals surface area contributed by atoms with Crippen LogP contribution in [0.4, 0.5) is 0 Å². The van der Waals surface area contributed by atoms with Crippen molar-refractivity contribution in [1.29, 1.82) is 0 Å². The van der Waals surface area contributed by atoms with Gasteiger partial charge in [0.15, 0.2) is 17.3 Å². The lowest BCUT2D eigenvalue weighted by molar-refractivity contribution is -0.137. The molecule has 3 heterocycles. The fraction of sp³-hybridized carbons (Fsp3) is 0.545.